The standard InChI is InChI=1S/C12H22N4/c1-10(2)12(13)8-16(9-12)5-4-11-6-14-15(3)7-11/h6-7,10H,4-5,8-9,13H2,1-3H3. The molecule has 1 saturated heterocycles. The Bertz CT molecular complexity index is 350. The fraction of sp³-hybridized carbons (Fsp3) is 0.750. The van der Waals surface area contributed by atoms with Crippen LogP contribution in [0.1, 0.15) is 19.4 Å². The van der Waals surface area contributed by atoms with Gasteiger partial charge in [0.2, 0.25) is 0 Å². The lowest BCUT2D eigenvalue weighted by Gasteiger charge is -2.50. The molecule has 0 spiro atoms. The van der Waals surface area contributed by atoms with Gasteiger partial charge in [-0.3, -0.25) is 9.58 Å². The van der Waals surface area contributed by atoms with Crippen molar-refractivity contribution in [3.05, 3.63) is 18.0 Å². The molecule has 0 unspecified atom stereocenters. The minimum atomic E-state index is 0.0505. The topological polar surface area (TPSA) is 47.1 Å². The van der Waals surface area contributed by atoms with E-state index >= 15 is 0 Å². The first-order valence-electron chi connectivity index (χ1n) is 5.98. The summed E-state index contributed by atoms with van der Waals surface area (Å²) in [6.45, 7) is 7.57. The highest BCUT2D eigenvalue weighted by Crippen LogP contribution is 2.25. The zero-order valence-electron chi connectivity index (χ0n) is 10.5. The van der Waals surface area contributed by atoms with Gasteiger partial charge in [-0.1, -0.05) is 13.8 Å². The number of aryl methyl sites for hydroxylation is 1. The van der Waals surface area contributed by atoms with Crippen molar-refractivity contribution in [3.63, 3.8) is 0 Å². The van der Waals surface area contributed by atoms with E-state index in [0.717, 1.165) is 26.1 Å². The molecule has 1 aromatic heterocycles. The molecule has 1 aliphatic rings. The Morgan fingerprint density at radius 3 is 2.69 bits per heavy atom. The quantitative estimate of drug-likeness (QED) is 0.813. The van der Waals surface area contributed by atoms with Crippen molar-refractivity contribution in [1.82, 2.24) is 14.7 Å². The normalized spacial score (nSPS) is 20.1. The molecule has 0 bridgehead atoms. The molecule has 0 amide bonds. The molecule has 0 radical (unpaired) electrons. The zero-order valence-corrected chi connectivity index (χ0v) is 10.5. The summed E-state index contributed by atoms with van der Waals surface area (Å²) in [7, 11) is 1.96. The number of aromatic nitrogens is 2. The predicted molar refractivity (Wildman–Crippen MR) is 65.1 cm³/mol. The Morgan fingerprint density at radius 1 is 1.50 bits per heavy atom. The van der Waals surface area contributed by atoms with Gasteiger partial charge in [0.1, 0.15) is 0 Å². The Kier molecular flexibility index (Phi) is 3.04. The van der Waals surface area contributed by atoms with Crippen LogP contribution in [0.4, 0.5) is 0 Å². The van der Waals surface area contributed by atoms with Crippen molar-refractivity contribution < 1.29 is 0 Å². The SMILES string of the molecule is CC(C)C1(N)CN(CCc2cnn(C)c2)C1. The fourth-order valence-electron chi connectivity index (χ4n) is 2.20. The molecule has 0 saturated carbocycles. The molecule has 0 aliphatic carbocycles. The van der Waals surface area contributed by atoms with Crippen LogP contribution in [0.3, 0.4) is 0 Å². The first-order chi connectivity index (χ1) is 7.49. The summed E-state index contributed by atoms with van der Waals surface area (Å²) >= 11 is 0. The molecule has 0 aromatic carbocycles. The second-order valence-corrected chi connectivity index (χ2v) is 5.37. The molecule has 90 valence electrons. The van der Waals surface area contributed by atoms with Gasteiger partial charge in [0, 0.05) is 38.4 Å². The highest BCUT2D eigenvalue weighted by Gasteiger charge is 2.41. The number of hydrogen-bond acceptors (Lipinski definition) is 3. The van der Waals surface area contributed by atoms with Gasteiger partial charge in [-0.15, -0.1) is 0 Å². The van der Waals surface area contributed by atoms with Crippen LogP contribution in [0.15, 0.2) is 12.4 Å². The average Bonchev–Trinajstić information content (AvgIpc) is 2.56. The summed E-state index contributed by atoms with van der Waals surface area (Å²) in [6.07, 6.45) is 5.10. The van der Waals surface area contributed by atoms with E-state index in [9.17, 15) is 0 Å². The van der Waals surface area contributed by atoms with E-state index in [1.165, 1.54) is 5.56 Å². The molecule has 2 heterocycles. The van der Waals surface area contributed by atoms with Crippen molar-refractivity contribution in [3.8, 4) is 0 Å². The molecular formula is C12H22N4. The molecule has 2 rings (SSSR count). The third-order valence-corrected chi connectivity index (χ3v) is 3.66. The van der Waals surface area contributed by atoms with Gasteiger partial charge in [0.15, 0.2) is 0 Å². The van der Waals surface area contributed by atoms with Crippen LogP contribution in [0, 0.1) is 5.92 Å². The summed E-state index contributed by atoms with van der Waals surface area (Å²) in [5, 5.41) is 4.17. The van der Waals surface area contributed by atoms with E-state index in [1.807, 2.05) is 17.9 Å². The van der Waals surface area contributed by atoms with Crippen molar-refractivity contribution >= 4 is 0 Å². The van der Waals surface area contributed by atoms with Gasteiger partial charge in [0.05, 0.1) is 6.20 Å². The van der Waals surface area contributed by atoms with Crippen molar-refractivity contribution in [1.29, 1.82) is 0 Å². The molecular weight excluding hydrogens is 200 g/mol. The maximum absolute atomic E-state index is 6.25. The minimum Gasteiger partial charge on any atom is -0.323 e. The Balaban J connectivity index is 1.74. The van der Waals surface area contributed by atoms with E-state index in [-0.39, 0.29) is 5.54 Å². The van der Waals surface area contributed by atoms with E-state index in [2.05, 4.69) is 30.0 Å². The summed E-state index contributed by atoms with van der Waals surface area (Å²) in [6, 6.07) is 0. The van der Waals surface area contributed by atoms with Gasteiger partial charge in [-0.2, -0.15) is 5.10 Å². The molecule has 1 aliphatic heterocycles. The number of nitrogens with zero attached hydrogens (tertiary/aromatic N) is 3. The first-order valence-corrected chi connectivity index (χ1v) is 5.98. The molecule has 16 heavy (non-hydrogen) atoms. The summed E-state index contributed by atoms with van der Waals surface area (Å²) in [5.41, 5.74) is 7.61. The Morgan fingerprint density at radius 2 is 2.19 bits per heavy atom. The Labute approximate surface area is 97.4 Å². The lowest BCUT2D eigenvalue weighted by Crippen LogP contribution is -2.70. The van der Waals surface area contributed by atoms with Crippen LogP contribution < -0.4 is 5.73 Å². The highest BCUT2D eigenvalue weighted by molar-refractivity contribution is 5.07. The monoisotopic (exact) mass is 222 g/mol. The van der Waals surface area contributed by atoms with Crippen LogP contribution in [0.2, 0.25) is 0 Å². The summed E-state index contributed by atoms with van der Waals surface area (Å²) in [5.74, 6) is 0.571. The van der Waals surface area contributed by atoms with Crippen LogP contribution in [0.25, 0.3) is 0 Å². The lowest BCUT2D eigenvalue weighted by atomic mass is 9.80. The molecule has 4 nitrogen and oxygen atoms in total. The molecule has 2 N–H and O–H groups in total. The van der Waals surface area contributed by atoms with Crippen molar-refractivity contribution in [2.45, 2.75) is 25.8 Å². The van der Waals surface area contributed by atoms with Gasteiger partial charge < -0.3 is 5.73 Å². The van der Waals surface area contributed by atoms with Gasteiger partial charge >= 0.3 is 0 Å². The summed E-state index contributed by atoms with van der Waals surface area (Å²) < 4.78 is 1.85. The first kappa shape index (κ1) is 11.6. The zero-order chi connectivity index (χ0) is 11.8. The van der Waals surface area contributed by atoms with E-state index in [4.69, 9.17) is 5.73 Å². The predicted octanol–water partition coefficient (Wildman–Crippen LogP) is 0.632. The van der Waals surface area contributed by atoms with Gasteiger partial charge in [-0.25, -0.2) is 0 Å². The van der Waals surface area contributed by atoms with Crippen LogP contribution in [-0.4, -0.2) is 39.9 Å². The Hall–Kier alpha value is -0.870. The number of nitrogens with two attached hydrogens (primary N) is 1. The maximum atomic E-state index is 6.25. The van der Waals surface area contributed by atoms with Crippen molar-refractivity contribution in [2.24, 2.45) is 18.7 Å². The fourth-order valence-corrected chi connectivity index (χ4v) is 2.20. The molecule has 0 atom stereocenters. The number of likely N-dealkylation sites (tertiary alicyclic amines) is 1. The van der Waals surface area contributed by atoms with E-state index in [1.54, 1.807) is 0 Å². The minimum absolute atomic E-state index is 0.0505. The number of hydrogen-bond donors (Lipinski definition) is 1. The molecule has 1 aromatic rings. The van der Waals surface area contributed by atoms with E-state index in [0.29, 0.717) is 5.92 Å². The third-order valence-electron chi connectivity index (χ3n) is 3.66. The smallest absolute Gasteiger partial charge is 0.0522 e. The summed E-state index contributed by atoms with van der Waals surface area (Å²) in [4.78, 5) is 2.42. The number of rotatable bonds is 4. The lowest BCUT2D eigenvalue weighted by molar-refractivity contribution is 0.0390. The average molecular weight is 222 g/mol. The van der Waals surface area contributed by atoms with Crippen molar-refractivity contribution in [2.75, 3.05) is 19.6 Å². The van der Waals surface area contributed by atoms with E-state index < -0.39 is 0 Å². The van der Waals surface area contributed by atoms with Crippen LogP contribution >= 0.6 is 0 Å². The maximum Gasteiger partial charge on any atom is 0.0522 e. The largest absolute Gasteiger partial charge is 0.323 e. The second-order valence-electron chi connectivity index (χ2n) is 5.37. The van der Waals surface area contributed by atoms with Gasteiger partial charge in [0.25, 0.3) is 0 Å². The van der Waals surface area contributed by atoms with Crippen LogP contribution in [-0.2, 0) is 13.5 Å². The van der Waals surface area contributed by atoms with Gasteiger partial charge in [-0.05, 0) is 17.9 Å². The highest BCUT2D eigenvalue weighted by atomic mass is 15.3. The van der Waals surface area contributed by atoms with Crippen LogP contribution in [0.5, 0.6) is 0 Å². The molecule has 4 heteroatoms. The second kappa shape index (κ2) is 4.18. The molecule has 1 fully saturated rings. The third kappa shape index (κ3) is 2.28.